The second-order valence-corrected chi connectivity index (χ2v) is 10.3. The Morgan fingerprint density at radius 2 is 1.94 bits per heavy atom. The molecule has 36 heavy (non-hydrogen) atoms. The van der Waals surface area contributed by atoms with Gasteiger partial charge >= 0.3 is 0 Å². The number of nitrogens with one attached hydrogen (secondary N) is 1. The number of thiophene rings is 1. The number of carbonyl (C=O) groups excluding carboxylic acids is 2. The van der Waals surface area contributed by atoms with Crippen LogP contribution < -0.4 is 15.0 Å². The molecule has 1 atom stereocenters. The molecule has 2 aromatic carbocycles. The Morgan fingerprint density at radius 1 is 1.17 bits per heavy atom. The number of fused-ring (bicyclic) bond motifs is 1. The number of para-hydroxylation sites is 1. The van der Waals surface area contributed by atoms with Crippen LogP contribution in [0.1, 0.15) is 43.7 Å². The summed E-state index contributed by atoms with van der Waals surface area (Å²) >= 11 is 1.43. The van der Waals surface area contributed by atoms with E-state index in [2.05, 4.69) is 15.6 Å². The van der Waals surface area contributed by atoms with Crippen molar-refractivity contribution < 1.29 is 14.3 Å². The zero-order chi connectivity index (χ0) is 25.9. The lowest BCUT2D eigenvalue weighted by Crippen LogP contribution is -2.51. The van der Waals surface area contributed by atoms with Crippen LogP contribution >= 0.6 is 11.3 Å². The number of anilines is 1. The highest BCUT2D eigenvalue weighted by atomic mass is 32.1. The summed E-state index contributed by atoms with van der Waals surface area (Å²) in [4.78, 5) is 30.3. The van der Waals surface area contributed by atoms with Gasteiger partial charge in [0, 0.05) is 10.4 Å². The molecule has 2 heterocycles. The average molecular weight is 506 g/mol. The fourth-order valence-corrected chi connectivity index (χ4v) is 4.77. The molecule has 4 aromatic rings. The molecule has 1 N–H and O–H groups in total. The molecule has 188 valence electrons. The van der Waals surface area contributed by atoms with Crippen molar-refractivity contribution in [3.05, 3.63) is 70.4 Å². The van der Waals surface area contributed by atoms with Gasteiger partial charge in [0.15, 0.2) is 0 Å². The lowest BCUT2D eigenvalue weighted by molar-refractivity contribution is -0.128. The second kappa shape index (κ2) is 10.5. The van der Waals surface area contributed by atoms with Crippen LogP contribution in [-0.2, 0) is 16.1 Å². The van der Waals surface area contributed by atoms with Crippen LogP contribution in [0, 0.1) is 6.92 Å². The number of benzene rings is 2. The number of hydrogen-bond donors (Lipinski definition) is 1. The molecule has 8 nitrogen and oxygen atoms in total. The Bertz CT molecular complexity index is 1360. The summed E-state index contributed by atoms with van der Waals surface area (Å²) in [5.74, 6) is -0.0661. The minimum atomic E-state index is -0.895. The van der Waals surface area contributed by atoms with Gasteiger partial charge in [-0.1, -0.05) is 36.4 Å². The van der Waals surface area contributed by atoms with Gasteiger partial charge in [-0.05, 0) is 68.5 Å². The van der Waals surface area contributed by atoms with E-state index in [0.29, 0.717) is 17.0 Å². The van der Waals surface area contributed by atoms with Crippen molar-refractivity contribution in [1.29, 1.82) is 0 Å². The summed E-state index contributed by atoms with van der Waals surface area (Å²) in [5.41, 5.74) is 2.46. The molecule has 0 radical (unpaired) electrons. The maximum Gasteiger partial charge on any atom is 0.249 e. The third-order valence-electron chi connectivity index (χ3n) is 6.23. The van der Waals surface area contributed by atoms with Crippen LogP contribution in [0.5, 0.6) is 5.75 Å². The number of carbonyl (C=O) groups is 2. The number of amides is 2. The molecule has 0 aliphatic rings. The number of ether oxygens (including phenoxy) is 1. The van der Waals surface area contributed by atoms with E-state index in [1.54, 1.807) is 11.8 Å². The highest BCUT2D eigenvalue weighted by Crippen LogP contribution is 2.37. The van der Waals surface area contributed by atoms with Gasteiger partial charge in [-0.3, -0.25) is 14.5 Å². The first kappa shape index (κ1) is 25.4. The fourth-order valence-electron chi connectivity index (χ4n) is 3.95. The van der Waals surface area contributed by atoms with Gasteiger partial charge in [0.1, 0.15) is 23.9 Å². The van der Waals surface area contributed by atoms with E-state index < -0.39 is 11.6 Å². The topological polar surface area (TPSA) is 89.4 Å². The van der Waals surface area contributed by atoms with E-state index in [0.717, 1.165) is 22.4 Å². The first-order chi connectivity index (χ1) is 17.2. The van der Waals surface area contributed by atoms with E-state index in [-0.39, 0.29) is 18.4 Å². The molecular formula is C27H31N5O3S. The van der Waals surface area contributed by atoms with Crippen LogP contribution in [0.2, 0.25) is 0 Å². The zero-order valence-corrected chi connectivity index (χ0v) is 22.0. The first-order valence-corrected chi connectivity index (χ1v) is 12.7. The number of nitrogens with zero attached hydrogens (tertiary/aromatic N) is 4. The molecule has 0 saturated heterocycles. The number of aromatic nitrogens is 3. The van der Waals surface area contributed by atoms with E-state index in [9.17, 15) is 9.59 Å². The number of rotatable bonds is 9. The van der Waals surface area contributed by atoms with Crippen molar-refractivity contribution in [2.75, 3.05) is 12.0 Å². The maximum absolute atomic E-state index is 14.1. The Balaban J connectivity index is 1.84. The van der Waals surface area contributed by atoms with Crippen LogP contribution in [-0.4, -0.2) is 39.5 Å². The summed E-state index contributed by atoms with van der Waals surface area (Å²) in [6.07, 6.45) is 0.739. The Morgan fingerprint density at radius 3 is 2.64 bits per heavy atom. The van der Waals surface area contributed by atoms with E-state index in [1.165, 1.54) is 16.2 Å². The average Bonchev–Trinajstić information content (AvgIpc) is 3.52. The van der Waals surface area contributed by atoms with Gasteiger partial charge in [0.2, 0.25) is 11.8 Å². The highest BCUT2D eigenvalue weighted by Gasteiger charge is 2.37. The van der Waals surface area contributed by atoms with Crippen LogP contribution in [0.25, 0.3) is 11.0 Å². The number of hydrogen-bond acceptors (Lipinski definition) is 6. The zero-order valence-electron chi connectivity index (χ0n) is 21.2. The lowest BCUT2D eigenvalue weighted by Gasteiger charge is -2.34. The molecule has 0 fully saturated rings. The summed E-state index contributed by atoms with van der Waals surface area (Å²) in [5, 5.41) is 13.4. The number of aryl methyl sites for hydroxylation is 1. The van der Waals surface area contributed by atoms with Gasteiger partial charge in [-0.15, -0.1) is 16.4 Å². The molecule has 2 aromatic heterocycles. The third kappa shape index (κ3) is 5.26. The minimum absolute atomic E-state index is 0.0933. The summed E-state index contributed by atoms with van der Waals surface area (Å²) in [7, 11) is 1.56. The monoisotopic (exact) mass is 505 g/mol. The van der Waals surface area contributed by atoms with E-state index >= 15 is 0 Å². The minimum Gasteiger partial charge on any atom is -0.495 e. The van der Waals surface area contributed by atoms with Crippen LogP contribution in [0.15, 0.2) is 60.0 Å². The predicted octanol–water partition coefficient (Wildman–Crippen LogP) is 4.89. The molecule has 2 amide bonds. The standard InChI is InChI=1S/C27H31N5O3S/c1-6-27(3,4)28-26(34)25(23-12-9-15-36-23)32(21-16-18(2)13-14-22(21)35-5)24(33)17-31-20-11-8-7-10-19(20)29-30-31/h7-16,25H,6,17H2,1-5H3,(H,28,34)/t25-/m0/s1. The van der Waals surface area contributed by atoms with Gasteiger partial charge in [0.05, 0.1) is 18.3 Å². The largest absolute Gasteiger partial charge is 0.495 e. The van der Waals surface area contributed by atoms with Crippen molar-refractivity contribution >= 4 is 39.9 Å². The quantitative estimate of drug-likeness (QED) is 0.350. The Hall–Kier alpha value is -3.72. The maximum atomic E-state index is 14.1. The second-order valence-electron chi connectivity index (χ2n) is 9.32. The van der Waals surface area contributed by atoms with Crippen LogP contribution in [0.4, 0.5) is 5.69 Å². The first-order valence-electron chi connectivity index (χ1n) is 11.8. The molecular weight excluding hydrogens is 474 g/mol. The molecule has 0 bridgehead atoms. The smallest absolute Gasteiger partial charge is 0.249 e. The van der Waals surface area contributed by atoms with Crippen molar-refractivity contribution in [3.8, 4) is 5.75 Å². The summed E-state index contributed by atoms with van der Waals surface area (Å²) in [6.45, 7) is 7.80. The van der Waals surface area contributed by atoms with Gasteiger partial charge < -0.3 is 10.1 Å². The van der Waals surface area contributed by atoms with Crippen molar-refractivity contribution in [1.82, 2.24) is 20.3 Å². The van der Waals surface area contributed by atoms with Crippen molar-refractivity contribution in [2.45, 2.75) is 52.2 Å². The predicted molar refractivity (Wildman–Crippen MR) is 142 cm³/mol. The van der Waals surface area contributed by atoms with Crippen LogP contribution in [0.3, 0.4) is 0 Å². The van der Waals surface area contributed by atoms with Gasteiger partial charge in [-0.25, -0.2) is 4.68 Å². The molecule has 4 rings (SSSR count). The van der Waals surface area contributed by atoms with Crippen molar-refractivity contribution in [3.63, 3.8) is 0 Å². The third-order valence-corrected chi connectivity index (χ3v) is 7.16. The molecule has 0 spiro atoms. The highest BCUT2D eigenvalue weighted by molar-refractivity contribution is 7.10. The molecule has 0 unspecified atom stereocenters. The molecule has 0 aliphatic carbocycles. The summed E-state index contributed by atoms with van der Waals surface area (Å²) in [6, 6.07) is 15.9. The Labute approximate surface area is 214 Å². The fraction of sp³-hybridized carbons (Fsp3) is 0.333. The normalized spacial score (nSPS) is 12.4. The SMILES string of the molecule is CCC(C)(C)NC(=O)[C@H](c1cccs1)N(C(=O)Cn1nnc2ccccc21)c1cc(C)ccc1OC. The summed E-state index contributed by atoms with van der Waals surface area (Å²) < 4.78 is 7.21. The van der Waals surface area contributed by atoms with Gasteiger partial charge in [0.25, 0.3) is 0 Å². The molecule has 0 saturated carbocycles. The van der Waals surface area contributed by atoms with E-state index in [4.69, 9.17) is 4.74 Å². The molecule has 0 aliphatic heterocycles. The Kier molecular flexibility index (Phi) is 7.40. The van der Waals surface area contributed by atoms with Crippen molar-refractivity contribution in [2.24, 2.45) is 0 Å². The van der Waals surface area contributed by atoms with Gasteiger partial charge in [-0.2, -0.15) is 0 Å². The number of methoxy groups -OCH3 is 1. The van der Waals surface area contributed by atoms with E-state index in [1.807, 2.05) is 87.7 Å². The molecule has 9 heteroatoms. The lowest BCUT2D eigenvalue weighted by atomic mass is 10.0.